The lowest BCUT2D eigenvalue weighted by molar-refractivity contribution is -0.391. The number of imidazole rings is 1. The van der Waals surface area contributed by atoms with E-state index in [9.17, 15) is 10.1 Å². The fourth-order valence-electron chi connectivity index (χ4n) is 1.37. The third-order valence-corrected chi connectivity index (χ3v) is 2.73. The average Bonchev–Trinajstić information content (AvgIpc) is 2.89. The van der Waals surface area contributed by atoms with Crippen LogP contribution >= 0.6 is 12.6 Å². The fraction of sp³-hybridized carbons (Fsp3) is 0.429. The van der Waals surface area contributed by atoms with Gasteiger partial charge in [-0.3, -0.25) is 0 Å². The highest BCUT2D eigenvalue weighted by Crippen LogP contribution is 2.21. The van der Waals surface area contributed by atoms with E-state index >= 15 is 0 Å². The molecule has 0 aromatic carbocycles. The van der Waals surface area contributed by atoms with Crippen LogP contribution < -0.4 is 0 Å². The van der Waals surface area contributed by atoms with Gasteiger partial charge in [-0.05, 0) is 15.4 Å². The summed E-state index contributed by atoms with van der Waals surface area (Å²) in [5, 5.41) is 23.5. The summed E-state index contributed by atoms with van der Waals surface area (Å²) >= 11 is 4.31. The van der Waals surface area contributed by atoms with Crippen LogP contribution in [0, 0.1) is 10.1 Å². The first-order valence-corrected chi connectivity index (χ1v) is 5.18. The molecule has 0 bridgehead atoms. The van der Waals surface area contributed by atoms with Crippen LogP contribution in [-0.2, 0) is 13.5 Å². The van der Waals surface area contributed by atoms with Crippen LogP contribution in [0.5, 0.6) is 0 Å². The van der Waals surface area contributed by atoms with E-state index in [1.54, 1.807) is 7.05 Å². The molecule has 17 heavy (non-hydrogen) atoms. The lowest BCUT2D eigenvalue weighted by Gasteiger charge is -2.03. The number of rotatable bonds is 4. The van der Waals surface area contributed by atoms with Crippen molar-refractivity contribution in [3.8, 4) is 0 Å². The summed E-state index contributed by atoms with van der Waals surface area (Å²) in [4.78, 5) is 14.1. The molecule has 0 fully saturated rings. The number of aromatic nitrogens is 6. The molecular weight excluding hydrogens is 246 g/mol. The maximum absolute atomic E-state index is 10.6. The standard InChI is InChI=1S/C7H9N7O2S/c1-13-5(8-3-6(13)14(15)16)2-4(17)7-9-11-12-10-7/h3-4,17H,2H2,1H3,(H,9,10,11,12). The first-order valence-electron chi connectivity index (χ1n) is 4.66. The number of thiol groups is 1. The van der Waals surface area contributed by atoms with E-state index in [1.807, 2.05) is 0 Å². The number of hydrogen-bond donors (Lipinski definition) is 2. The first kappa shape index (κ1) is 11.5. The van der Waals surface area contributed by atoms with Gasteiger partial charge in [0.05, 0.1) is 12.3 Å². The zero-order valence-electron chi connectivity index (χ0n) is 8.81. The second kappa shape index (κ2) is 4.49. The highest BCUT2D eigenvalue weighted by molar-refractivity contribution is 7.80. The predicted molar refractivity (Wildman–Crippen MR) is 59.5 cm³/mol. The maximum Gasteiger partial charge on any atom is 0.342 e. The molecule has 0 aliphatic rings. The monoisotopic (exact) mass is 255 g/mol. The molecule has 10 heteroatoms. The Morgan fingerprint density at radius 3 is 3.00 bits per heavy atom. The van der Waals surface area contributed by atoms with Crippen LogP contribution in [-0.4, -0.2) is 35.1 Å². The molecule has 0 spiro atoms. The van der Waals surface area contributed by atoms with Crippen molar-refractivity contribution in [2.24, 2.45) is 7.05 Å². The molecule has 0 aliphatic heterocycles. The summed E-state index contributed by atoms with van der Waals surface area (Å²) in [7, 11) is 1.58. The van der Waals surface area contributed by atoms with Crippen molar-refractivity contribution in [1.82, 2.24) is 30.2 Å². The van der Waals surface area contributed by atoms with Crippen molar-refractivity contribution >= 4 is 18.4 Å². The molecule has 90 valence electrons. The van der Waals surface area contributed by atoms with E-state index < -0.39 is 4.92 Å². The second-order valence-electron chi connectivity index (χ2n) is 3.36. The molecule has 0 saturated heterocycles. The number of nitrogens with zero attached hydrogens (tertiary/aromatic N) is 6. The maximum atomic E-state index is 10.6. The Hall–Kier alpha value is -1.97. The van der Waals surface area contributed by atoms with Crippen LogP contribution in [0.4, 0.5) is 5.82 Å². The Kier molecular flexibility index (Phi) is 3.04. The predicted octanol–water partition coefficient (Wildman–Crippen LogP) is 0.0550. The van der Waals surface area contributed by atoms with Crippen molar-refractivity contribution in [2.45, 2.75) is 11.7 Å². The third kappa shape index (κ3) is 2.25. The van der Waals surface area contributed by atoms with Gasteiger partial charge in [-0.1, -0.05) is 0 Å². The minimum atomic E-state index is -0.486. The third-order valence-electron chi connectivity index (χ3n) is 2.30. The van der Waals surface area contributed by atoms with E-state index in [1.165, 1.54) is 10.8 Å². The van der Waals surface area contributed by atoms with Crippen molar-refractivity contribution in [3.63, 3.8) is 0 Å². The Morgan fingerprint density at radius 2 is 2.47 bits per heavy atom. The van der Waals surface area contributed by atoms with Crippen molar-refractivity contribution in [3.05, 3.63) is 28.0 Å². The molecule has 2 heterocycles. The molecule has 2 aromatic rings. The normalized spacial score (nSPS) is 12.6. The highest BCUT2D eigenvalue weighted by Gasteiger charge is 2.21. The Bertz CT molecular complexity index is 522. The molecule has 1 unspecified atom stereocenters. The lowest BCUT2D eigenvalue weighted by Crippen LogP contribution is -2.06. The largest absolute Gasteiger partial charge is 0.358 e. The zero-order chi connectivity index (χ0) is 12.4. The minimum absolute atomic E-state index is 0.0590. The highest BCUT2D eigenvalue weighted by atomic mass is 32.1. The van der Waals surface area contributed by atoms with Gasteiger partial charge in [-0.15, -0.1) is 5.10 Å². The first-order chi connectivity index (χ1) is 8.09. The summed E-state index contributed by atoms with van der Waals surface area (Å²) in [5.41, 5.74) is 0. The van der Waals surface area contributed by atoms with Crippen molar-refractivity contribution < 1.29 is 4.92 Å². The number of aromatic amines is 1. The SMILES string of the molecule is Cn1c([N+](=O)[O-])cnc1CC(S)c1nnn[nH]1. The van der Waals surface area contributed by atoms with E-state index in [4.69, 9.17) is 0 Å². The van der Waals surface area contributed by atoms with Gasteiger partial charge in [0.25, 0.3) is 0 Å². The molecule has 0 aliphatic carbocycles. The zero-order valence-corrected chi connectivity index (χ0v) is 9.70. The van der Waals surface area contributed by atoms with E-state index in [0.717, 1.165) is 0 Å². The minimum Gasteiger partial charge on any atom is -0.358 e. The van der Waals surface area contributed by atoms with Crippen LogP contribution in [0.15, 0.2) is 6.20 Å². The molecule has 2 aromatic heterocycles. The topological polar surface area (TPSA) is 115 Å². The summed E-state index contributed by atoms with van der Waals surface area (Å²) in [5.74, 6) is 0.989. The second-order valence-corrected chi connectivity index (χ2v) is 3.98. The molecule has 0 amide bonds. The molecule has 1 N–H and O–H groups in total. The Balaban J connectivity index is 2.17. The Labute approximate surface area is 101 Å². The fourth-order valence-corrected chi connectivity index (χ4v) is 1.65. The van der Waals surface area contributed by atoms with Gasteiger partial charge < -0.3 is 10.1 Å². The molecule has 0 saturated carbocycles. The van der Waals surface area contributed by atoms with Gasteiger partial charge >= 0.3 is 5.82 Å². The van der Waals surface area contributed by atoms with Crippen LogP contribution in [0.2, 0.25) is 0 Å². The van der Waals surface area contributed by atoms with Gasteiger partial charge in [-0.25, -0.2) is 14.6 Å². The molecule has 1 atom stereocenters. The van der Waals surface area contributed by atoms with Gasteiger partial charge in [0.2, 0.25) is 0 Å². The lowest BCUT2D eigenvalue weighted by atomic mass is 10.3. The van der Waals surface area contributed by atoms with E-state index in [-0.39, 0.29) is 11.1 Å². The molecule has 9 nitrogen and oxygen atoms in total. The number of nitrogens with one attached hydrogen (secondary N) is 1. The van der Waals surface area contributed by atoms with Crippen LogP contribution in [0.1, 0.15) is 16.9 Å². The van der Waals surface area contributed by atoms with Gasteiger partial charge in [0, 0.05) is 6.42 Å². The van der Waals surface area contributed by atoms with Gasteiger partial charge in [0.1, 0.15) is 6.20 Å². The van der Waals surface area contributed by atoms with Gasteiger partial charge in [0.15, 0.2) is 11.6 Å². The van der Waals surface area contributed by atoms with Crippen LogP contribution in [0.25, 0.3) is 0 Å². The van der Waals surface area contributed by atoms with Gasteiger partial charge in [-0.2, -0.15) is 12.6 Å². The smallest absolute Gasteiger partial charge is 0.342 e. The summed E-state index contributed by atoms with van der Waals surface area (Å²) in [6.07, 6.45) is 1.61. The van der Waals surface area contributed by atoms with Crippen LogP contribution in [0.3, 0.4) is 0 Å². The Morgan fingerprint density at radius 1 is 1.71 bits per heavy atom. The quantitative estimate of drug-likeness (QED) is 0.453. The number of tetrazole rings is 1. The summed E-state index contributed by atoms with van der Waals surface area (Å²) < 4.78 is 1.41. The number of H-pyrrole nitrogens is 1. The molecule has 2 rings (SSSR count). The molecular formula is C7H9N7O2S. The van der Waals surface area contributed by atoms with Crippen molar-refractivity contribution in [1.29, 1.82) is 0 Å². The number of hydrogen-bond acceptors (Lipinski definition) is 7. The van der Waals surface area contributed by atoms with E-state index in [0.29, 0.717) is 18.1 Å². The number of nitro groups is 1. The summed E-state index contributed by atoms with van der Waals surface area (Å²) in [6, 6.07) is 0. The van der Waals surface area contributed by atoms with E-state index in [2.05, 4.69) is 38.2 Å². The molecule has 0 radical (unpaired) electrons. The summed E-state index contributed by atoms with van der Waals surface area (Å²) in [6.45, 7) is 0. The van der Waals surface area contributed by atoms with Crippen molar-refractivity contribution in [2.75, 3.05) is 0 Å². The average molecular weight is 255 g/mol.